The predicted molar refractivity (Wildman–Crippen MR) is 130 cm³/mol. The van der Waals surface area contributed by atoms with Gasteiger partial charge in [-0.2, -0.15) is 0 Å². The molecule has 1 fully saturated rings. The van der Waals surface area contributed by atoms with Gasteiger partial charge >= 0.3 is 0 Å². The molecular formula is C26H31ClN2O4. The number of ketones is 1. The Balaban J connectivity index is 2.04. The summed E-state index contributed by atoms with van der Waals surface area (Å²) in [6, 6.07) is 13.2. The fourth-order valence-electron chi connectivity index (χ4n) is 4.01. The quantitative estimate of drug-likeness (QED) is 0.321. The van der Waals surface area contributed by atoms with Crippen LogP contribution in [0.2, 0.25) is 5.02 Å². The summed E-state index contributed by atoms with van der Waals surface area (Å²) in [7, 11) is 0. The third-order valence-electron chi connectivity index (χ3n) is 5.78. The summed E-state index contributed by atoms with van der Waals surface area (Å²) in [5.41, 5.74) is 1.26. The van der Waals surface area contributed by atoms with Crippen LogP contribution < -0.4 is 4.74 Å². The summed E-state index contributed by atoms with van der Waals surface area (Å²) < 4.78 is 5.66. The lowest BCUT2D eigenvalue weighted by Crippen LogP contribution is -2.38. The topological polar surface area (TPSA) is 70.1 Å². The van der Waals surface area contributed by atoms with Gasteiger partial charge in [-0.1, -0.05) is 37.6 Å². The minimum atomic E-state index is -0.690. The van der Waals surface area contributed by atoms with Gasteiger partial charge in [-0.25, -0.2) is 0 Å². The first kappa shape index (κ1) is 24.8. The van der Waals surface area contributed by atoms with E-state index >= 15 is 0 Å². The summed E-state index contributed by atoms with van der Waals surface area (Å²) >= 11 is 6.07. The fraction of sp³-hybridized carbons (Fsp3) is 0.385. The SMILES string of the molecule is CCN(CC)CCN1C(=O)C(=O)C(=C(O)c2ccc(OC(C)C)cc2)C1c1ccc(Cl)cc1. The van der Waals surface area contributed by atoms with Gasteiger partial charge in [0.1, 0.15) is 11.5 Å². The minimum Gasteiger partial charge on any atom is -0.507 e. The van der Waals surface area contributed by atoms with Gasteiger partial charge in [0.25, 0.3) is 11.7 Å². The summed E-state index contributed by atoms with van der Waals surface area (Å²) in [5.74, 6) is -0.830. The molecule has 1 heterocycles. The van der Waals surface area contributed by atoms with Gasteiger partial charge in [0.05, 0.1) is 17.7 Å². The predicted octanol–water partition coefficient (Wildman–Crippen LogP) is 4.89. The van der Waals surface area contributed by atoms with Crippen LogP contribution in [0.1, 0.15) is 44.9 Å². The molecule has 1 saturated heterocycles. The van der Waals surface area contributed by atoms with Crippen LogP contribution in [-0.4, -0.2) is 58.9 Å². The molecule has 1 amide bonds. The number of halogens is 1. The van der Waals surface area contributed by atoms with Gasteiger partial charge in [0.2, 0.25) is 0 Å². The zero-order valence-corrected chi connectivity index (χ0v) is 20.3. The number of hydrogen-bond donors (Lipinski definition) is 1. The molecule has 3 rings (SSSR count). The van der Waals surface area contributed by atoms with Crippen molar-refractivity contribution in [2.24, 2.45) is 0 Å². The zero-order chi connectivity index (χ0) is 24.1. The first-order valence-electron chi connectivity index (χ1n) is 11.3. The average molecular weight is 471 g/mol. The number of rotatable bonds is 9. The Labute approximate surface area is 200 Å². The van der Waals surface area contributed by atoms with E-state index in [9.17, 15) is 14.7 Å². The molecule has 0 aromatic heterocycles. The number of likely N-dealkylation sites (N-methyl/N-ethyl adjacent to an activating group) is 1. The van der Waals surface area contributed by atoms with Crippen LogP contribution in [-0.2, 0) is 9.59 Å². The number of aliphatic hydroxyl groups is 1. The lowest BCUT2D eigenvalue weighted by atomic mass is 9.95. The zero-order valence-electron chi connectivity index (χ0n) is 19.5. The van der Waals surface area contributed by atoms with Crippen molar-refractivity contribution in [1.82, 2.24) is 9.80 Å². The molecule has 1 N–H and O–H groups in total. The van der Waals surface area contributed by atoms with Crippen LogP contribution >= 0.6 is 11.6 Å². The largest absolute Gasteiger partial charge is 0.507 e. The summed E-state index contributed by atoms with van der Waals surface area (Å²) in [5, 5.41) is 11.7. The van der Waals surface area contributed by atoms with Crippen molar-refractivity contribution in [2.45, 2.75) is 39.8 Å². The highest BCUT2D eigenvalue weighted by molar-refractivity contribution is 6.46. The smallest absolute Gasteiger partial charge is 0.295 e. The molecule has 0 saturated carbocycles. The minimum absolute atomic E-state index is 0.0190. The first-order chi connectivity index (χ1) is 15.8. The Bertz CT molecular complexity index is 1010. The maximum absolute atomic E-state index is 13.1. The van der Waals surface area contributed by atoms with E-state index in [-0.39, 0.29) is 17.4 Å². The monoisotopic (exact) mass is 470 g/mol. The van der Waals surface area contributed by atoms with Crippen molar-refractivity contribution in [3.63, 3.8) is 0 Å². The molecule has 0 aliphatic carbocycles. The number of Topliss-reactive ketones (excluding diaryl/α,β-unsaturated/α-hetero) is 1. The van der Waals surface area contributed by atoms with Crippen LogP contribution in [0.15, 0.2) is 54.1 Å². The van der Waals surface area contributed by atoms with E-state index in [0.717, 1.165) is 18.7 Å². The standard InChI is InChI=1S/C26H31ClN2O4/c1-5-28(6-2)15-16-29-23(18-7-11-20(27)12-8-18)22(25(31)26(29)32)24(30)19-9-13-21(14-10-19)33-17(3)4/h7-14,17,23,30H,5-6,15-16H2,1-4H3. The van der Waals surface area contributed by atoms with Crippen molar-refractivity contribution < 1.29 is 19.4 Å². The molecule has 176 valence electrons. The van der Waals surface area contributed by atoms with E-state index in [4.69, 9.17) is 16.3 Å². The van der Waals surface area contributed by atoms with E-state index < -0.39 is 17.7 Å². The second-order valence-electron chi connectivity index (χ2n) is 8.26. The summed E-state index contributed by atoms with van der Waals surface area (Å²) in [6.07, 6.45) is 0.0190. The van der Waals surface area contributed by atoms with Crippen LogP contribution in [0, 0.1) is 0 Å². The van der Waals surface area contributed by atoms with Crippen molar-refractivity contribution in [2.75, 3.05) is 26.2 Å². The number of carbonyl (C=O) groups is 2. The average Bonchev–Trinajstić information content (AvgIpc) is 3.05. The molecule has 7 heteroatoms. The van der Waals surface area contributed by atoms with Crippen LogP contribution in [0.25, 0.3) is 5.76 Å². The molecule has 1 aliphatic heterocycles. The van der Waals surface area contributed by atoms with Crippen LogP contribution in [0.4, 0.5) is 0 Å². The van der Waals surface area contributed by atoms with Gasteiger partial charge in [-0.15, -0.1) is 0 Å². The number of ether oxygens (including phenoxy) is 1. The van der Waals surface area contributed by atoms with E-state index in [2.05, 4.69) is 18.7 Å². The number of hydrogen-bond acceptors (Lipinski definition) is 5. The number of likely N-dealkylation sites (tertiary alicyclic amines) is 1. The van der Waals surface area contributed by atoms with Crippen molar-refractivity contribution in [3.8, 4) is 5.75 Å². The summed E-state index contributed by atoms with van der Waals surface area (Å²) in [4.78, 5) is 29.9. The van der Waals surface area contributed by atoms with Gasteiger partial charge in [0.15, 0.2) is 0 Å². The highest BCUT2D eigenvalue weighted by Gasteiger charge is 2.45. The van der Waals surface area contributed by atoms with Crippen molar-refractivity contribution in [3.05, 3.63) is 70.3 Å². The first-order valence-corrected chi connectivity index (χ1v) is 11.7. The fourth-order valence-corrected chi connectivity index (χ4v) is 4.14. The number of aliphatic hydroxyl groups excluding tert-OH is 1. The highest BCUT2D eigenvalue weighted by atomic mass is 35.5. The Morgan fingerprint density at radius 3 is 2.21 bits per heavy atom. The molecule has 0 bridgehead atoms. The highest BCUT2D eigenvalue weighted by Crippen LogP contribution is 2.39. The van der Waals surface area contributed by atoms with Gasteiger partial charge in [0, 0.05) is 23.7 Å². The Kier molecular flexibility index (Phi) is 8.16. The Morgan fingerprint density at radius 2 is 1.67 bits per heavy atom. The van der Waals surface area contributed by atoms with E-state index in [1.165, 1.54) is 0 Å². The lowest BCUT2D eigenvalue weighted by molar-refractivity contribution is -0.140. The van der Waals surface area contributed by atoms with E-state index in [1.807, 2.05) is 13.8 Å². The van der Waals surface area contributed by atoms with Crippen LogP contribution in [0.3, 0.4) is 0 Å². The third kappa shape index (κ3) is 5.57. The normalized spacial score (nSPS) is 17.9. The molecule has 6 nitrogen and oxygen atoms in total. The molecule has 0 spiro atoms. The number of amides is 1. The van der Waals surface area contributed by atoms with Gasteiger partial charge in [-0.3, -0.25) is 9.59 Å². The molecule has 2 aromatic carbocycles. The Hall–Kier alpha value is -2.83. The van der Waals surface area contributed by atoms with Gasteiger partial charge in [-0.05, 0) is 68.9 Å². The number of benzene rings is 2. The summed E-state index contributed by atoms with van der Waals surface area (Å²) in [6.45, 7) is 10.7. The van der Waals surface area contributed by atoms with E-state index in [0.29, 0.717) is 29.4 Å². The van der Waals surface area contributed by atoms with Gasteiger partial charge < -0.3 is 19.6 Å². The lowest BCUT2D eigenvalue weighted by Gasteiger charge is -2.28. The molecule has 33 heavy (non-hydrogen) atoms. The third-order valence-corrected chi connectivity index (χ3v) is 6.03. The molecule has 1 atom stereocenters. The molecular weight excluding hydrogens is 440 g/mol. The molecule has 1 unspecified atom stereocenters. The maximum atomic E-state index is 13.1. The maximum Gasteiger partial charge on any atom is 0.295 e. The van der Waals surface area contributed by atoms with E-state index in [1.54, 1.807) is 53.4 Å². The molecule has 0 radical (unpaired) electrons. The number of carbonyl (C=O) groups excluding carboxylic acids is 2. The van der Waals surface area contributed by atoms with Crippen molar-refractivity contribution in [1.29, 1.82) is 0 Å². The van der Waals surface area contributed by atoms with Crippen molar-refractivity contribution >= 4 is 29.1 Å². The Morgan fingerprint density at radius 1 is 1.06 bits per heavy atom. The second-order valence-corrected chi connectivity index (χ2v) is 8.70. The second kappa shape index (κ2) is 10.9. The number of nitrogens with zero attached hydrogens (tertiary/aromatic N) is 2. The molecule has 1 aliphatic rings. The molecule has 2 aromatic rings. The van der Waals surface area contributed by atoms with Crippen LogP contribution in [0.5, 0.6) is 5.75 Å².